The smallest absolute Gasteiger partial charge is 0.315 e. The molecule has 0 aliphatic rings. The number of oxazole rings is 1. The first-order valence-electron chi connectivity index (χ1n) is 6.97. The lowest BCUT2D eigenvalue weighted by molar-refractivity contribution is -0.135. The van der Waals surface area contributed by atoms with Crippen molar-refractivity contribution < 1.29 is 18.7 Å². The zero-order valence-corrected chi connectivity index (χ0v) is 13.3. The van der Waals surface area contributed by atoms with Gasteiger partial charge in [-0.2, -0.15) is 0 Å². The van der Waals surface area contributed by atoms with Crippen LogP contribution in [0.3, 0.4) is 0 Å². The maximum atomic E-state index is 11.9. The molecule has 2 amide bonds. The second-order valence-electron chi connectivity index (χ2n) is 4.53. The van der Waals surface area contributed by atoms with Gasteiger partial charge in [-0.25, -0.2) is 9.98 Å². The number of carbonyl (C=O) groups excluding carboxylic acids is 2. The van der Waals surface area contributed by atoms with Gasteiger partial charge in [0.2, 0.25) is 0 Å². The highest BCUT2D eigenvalue weighted by atomic mass is 16.5. The van der Waals surface area contributed by atoms with Crippen LogP contribution in [0.15, 0.2) is 53.0 Å². The van der Waals surface area contributed by atoms with E-state index >= 15 is 0 Å². The largest absolute Gasteiger partial charge is 0.496 e. The summed E-state index contributed by atoms with van der Waals surface area (Å²) in [5, 5.41) is 11.7. The molecule has 1 aromatic carbocycles. The SMILES string of the molecule is C=CN=C(C=N)NC(=O)C(=O)Nc1ccc(-c2cnco2)c(OC)c1. The first-order valence-corrected chi connectivity index (χ1v) is 6.97. The predicted molar refractivity (Wildman–Crippen MR) is 91.7 cm³/mol. The van der Waals surface area contributed by atoms with Gasteiger partial charge in [-0.05, 0) is 12.1 Å². The molecule has 2 rings (SSSR count). The van der Waals surface area contributed by atoms with Crippen LogP contribution < -0.4 is 15.4 Å². The van der Waals surface area contributed by atoms with Crippen molar-refractivity contribution >= 4 is 29.6 Å². The van der Waals surface area contributed by atoms with Gasteiger partial charge in [-0.15, -0.1) is 0 Å². The number of ether oxygens (including phenoxy) is 1. The van der Waals surface area contributed by atoms with Gasteiger partial charge in [0.15, 0.2) is 18.0 Å². The first kappa shape index (κ1) is 17.6. The van der Waals surface area contributed by atoms with E-state index in [4.69, 9.17) is 14.6 Å². The normalized spacial score (nSPS) is 10.7. The molecule has 0 aliphatic heterocycles. The van der Waals surface area contributed by atoms with Gasteiger partial charge in [-0.3, -0.25) is 9.59 Å². The summed E-state index contributed by atoms with van der Waals surface area (Å²) in [6.45, 7) is 3.35. The third-order valence-corrected chi connectivity index (χ3v) is 2.97. The lowest BCUT2D eigenvalue weighted by Gasteiger charge is -2.10. The van der Waals surface area contributed by atoms with Crippen LogP contribution in [0.4, 0.5) is 5.69 Å². The van der Waals surface area contributed by atoms with Gasteiger partial charge < -0.3 is 25.2 Å². The van der Waals surface area contributed by atoms with Crippen molar-refractivity contribution in [3.63, 3.8) is 0 Å². The molecule has 2 aromatic rings. The number of nitrogens with zero attached hydrogens (tertiary/aromatic N) is 2. The Bertz CT molecular complexity index is 827. The van der Waals surface area contributed by atoms with E-state index in [0.29, 0.717) is 22.8 Å². The Kier molecular flexibility index (Phi) is 5.77. The minimum absolute atomic E-state index is 0.103. The second kappa shape index (κ2) is 8.20. The summed E-state index contributed by atoms with van der Waals surface area (Å²) in [5.41, 5.74) is 0.990. The number of benzene rings is 1. The highest BCUT2D eigenvalue weighted by Crippen LogP contribution is 2.32. The van der Waals surface area contributed by atoms with Crippen molar-refractivity contribution in [1.82, 2.24) is 10.3 Å². The average Bonchev–Trinajstić information content (AvgIpc) is 3.15. The topological polar surface area (TPSA) is 130 Å². The summed E-state index contributed by atoms with van der Waals surface area (Å²) < 4.78 is 10.5. The molecule has 9 heteroatoms. The summed E-state index contributed by atoms with van der Waals surface area (Å²) in [7, 11) is 1.47. The number of aliphatic imine (C=N–C) groups is 1. The van der Waals surface area contributed by atoms with E-state index in [-0.39, 0.29) is 5.84 Å². The molecule has 1 heterocycles. The summed E-state index contributed by atoms with van der Waals surface area (Å²) in [5.74, 6) is -1.06. The van der Waals surface area contributed by atoms with Crippen molar-refractivity contribution in [3.8, 4) is 17.1 Å². The Morgan fingerprint density at radius 1 is 1.40 bits per heavy atom. The number of carbonyl (C=O) groups is 2. The standard InChI is InChI=1S/C16H15N5O4/c1-3-19-14(7-17)21-16(23)15(22)20-10-4-5-11(12(6-10)24-2)13-8-18-9-25-13/h3-9,17H,1H2,2H3,(H,20,22)(H,19,21,23). The summed E-state index contributed by atoms with van der Waals surface area (Å²) in [6.07, 6.45) is 4.76. The number of aromatic nitrogens is 1. The zero-order valence-electron chi connectivity index (χ0n) is 13.3. The highest BCUT2D eigenvalue weighted by molar-refractivity contribution is 6.46. The number of amidine groups is 1. The molecular formula is C16H15N5O4. The van der Waals surface area contributed by atoms with Crippen LogP contribution in [-0.4, -0.2) is 36.0 Å². The number of methoxy groups -OCH3 is 1. The average molecular weight is 341 g/mol. The van der Waals surface area contributed by atoms with E-state index in [1.54, 1.807) is 18.2 Å². The van der Waals surface area contributed by atoms with E-state index < -0.39 is 11.8 Å². The van der Waals surface area contributed by atoms with Crippen LogP contribution in [0.5, 0.6) is 5.75 Å². The van der Waals surface area contributed by atoms with E-state index in [1.807, 2.05) is 0 Å². The van der Waals surface area contributed by atoms with Gasteiger partial charge >= 0.3 is 11.8 Å². The summed E-state index contributed by atoms with van der Waals surface area (Å²) in [6, 6.07) is 4.79. The molecule has 128 valence electrons. The van der Waals surface area contributed by atoms with Crippen LogP contribution in [0, 0.1) is 5.41 Å². The molecule has 0 aliphatic carbocycles. The Morgan fingerprint density at radius 2 is 2.20 bits per heavy atom. The lowest BCUT2D eigenvalue weighted by atomic mass is 10.1. The predicted octanol–water partition coefficient (Wildman–Crippen LogP) is 1.60. The summed E-state index contributed by atoms with van der Waals surface area (Å²) in [4.78, 5) is 31.2. The molecule has 0 fully saturated rings. The van der Waals surface area contributed by atoms with E-state index in [0.717, 1.165) is 12.4 Å². The van der Waals surface area contributed by atoms with Crippen LogP contribution >= 0.6 is 0 Å². The quantitative estimate of drug-likeness (QED) is 0.432. The maximum absolute atomic E-state index is 11.9. The number of nitrogens with one attached hydrogen (secondary N) is 3. The molecular weight excluding hydrogens is 326 g/mol. The van der Waals surface area contributed by atoms with Crippen LogP contribution in [-0.2, 0) is 9.59 Å². The zero-order chi connectivity index (χ0) is 18.2. The highest BCUT2D eigenvalue weighted by Gasteiger charge is 2.16. The Morgan fingerprint density at radius 3 is 2.80 bits per heavy atom. The molecule has 0 spiro atoms. The maximum Gasteiger partial charge on any atom is 0.315 e. The van der Waals surface area contributed by atoms with Gasteiger partial charge in [0.25, 0.3) is 0 Å². The Hall–Kier alpha value is -3.75. The van der Waals surface area contributed by atoms with Crippen LogP contribution in [0.2, 0.25) is 0 Å². The molecule has 25 heavy (non-hydrogen) atoms. The monoisotopic (exact) mass is 341 g/mol. The Balaban J connectivity index is 2.13. The van der Waals surface area contributed by atoms with Gasteiger partial charge in [0, 0.05) is 18.0 Å². The van der Waals surface area contributed by atoms with Gasteiger partial charge in [0.1, 0.15) is 5.75 Å². The van der Waals surface area contributed by atoms with Crippen LogP contribution in [0.1, 0.15) is 0 Å². The number of rotatable bonds is 5. The molecule has 0 unspecified atom stereocenters. The van der Waals surface area contributed by atoms with E-state index in [9.17, 15) is 9.59 Å². The van der Waals surface area contributed by atoms with Crippen molar-refractivity contribution in [1.29, 1.82) is 5.41 Å². The minimum atomic E-state index is -0.970. The van der Waals surface area contributed by atoms with Crippen molar-refractivity contribution in [2.45, 2.75) is 0 Å². The molecule has 0 radical (unpaired) electrons. The third-order valence-electron chi connectivity index (χ3n) is 2.97. The molecule has 0 bridgehead atoms. The third kappa shape index (κ3) is 4.38. The Labute approximate surface area is 142 Å². The minimum Gasteiger partial charge on any atom is -0.496 e. The van der Waals surface area contributed by atoms with Gasteiger partial charge in [0.05, 0.1) is 25.1 Å². The van der Waals surface area contributed by atoms with Crippen LogP contribution in [0.25, 0.3) is 11.3 Å². The lowest BCUT2D eigenvalue weighted by Crippen LogP contribution is -2.39. The van der Waals surface area contributed by atoms with Crippen molar-refractivity contribution in [2.75, 3.05) is 12.4 Å². The molecule has 1 aromatic heterocycles. The fourth-order valence-corrected chi connectivity index (χ4v) is 1.89. The number of hydrogen-bond acceptors (Lipinski definition) is 7. The number of amides is 2. The summed E-state index contributed by atoms with van der Waals surface area (Å²) >= 11 is 0. The van der Waals surface area contributed by atoms with Crippen molar-refractivity contribution in [2.24, 2.45) is 4.99 Å². The van der Waals surface area contributed by atoms with E-state index in [1.165, 1.54) is 19.7 Å². The molecule has 0 saturated heterocycles. The van der Waals surface area contributed by atoms with E-state index in [2.05, 4.69) is 27.2 Å². The molecule has 0 saturated carbocycles. The number of anilines is 1. The molecule has 9 nitrogen and oxygen atoms in total. The fraction of sp³-hybridized carbons (Fsp3) is 0.0625. The number of hydrogen-bond donors (Lipinski definition) is 3. The molecule has 3 N–H and O–H groups in total. The fourth-order valence-electron chi connectivity index (χ4n) is 1.89. The second-order valence-corrected chi connectivity index (χ2v) is 4.53. The first-order chi connectivity index (χ1) is 12.1. The van der Waals surface area contributed by atoms with Crippen molar-refractivity contribution in [3.05, 3.63) is 43.6 Å². The molecule has 0 atom stereocenters. The van der Waals surface area contributed by atoms with Gasteiger partial charge in [-0.1, -0.05) is 6.58 Å².